The lowest BCUT2D eigenvalue weighted by Gasteiger charge is -2.18. The molecule has 5 aromatic carbocycles. The van der Waals surface area contributed by atoms with Crippen molar-refractivity contribution >= 4 is 44.2 Å². The summed E-state index contributed by atoms with van der Waals surface area (Å²) in [5.41, 5.74) is 21.4. The Morgan fingerprint density at radius 3 is 2.11 bits per heavy atom. The van der Waals surface area contributed by atoms with E-state index in [9.17, 15) is 0 Å². The van der Waals surface area contributed by atoms with Crippen LogP contribution >= 0.6 is 0 Å². The predicted octanol–water partition coefficient (Wildman–Crippen LogP) is 15.7. The van der Waals surface area contributed by atoms with Crippen molar-refractivity contribution in [3.63, 3.8) is 0 Å². The average molecular weight is 725 g/mol. The van der Waals surface area contributed by atoms with Crippen LogP contribution < -0.4 is 0 Å². The number of furan rings is 1. The third kappa shape index (κ3) is 7.91. The molecule has 0 saturated heterocycles. The first kappa shape index (κ1) is 37.6. The van der Waals surface area contributed by atoms with Crippen LogP contribution in [-0.4, -0.2) is 0 Å². The largest absolute Gasteiger partial charge is 0.455 e. The number of rotatable bonds is 12. The topological polar surface area (TPSA) is 13.1 Å². The number of hydrogen-bond donors (Lipinski definition) is 0. The van der Waals surface area contributed by atoms with Gasteiger partial charge in [-0.3, -0.25) is 0 Å². The zero-order valence-corrected chi connectivity index (χ0v) is 32.9. The van der Waals surface area contributed by atoms with E-state index in [2.05, 4.69) is 192 Å². The molecule has 1 heterocycles. The van der Waals surface area contributed by atoms with Gasteiger partial charge in [0.25, 0.3) is 0 Å². The molecular weight excluding hydrogens is 677 g/mol. The fourth-order valence-electron chi connectivity index (χ4n) is 7.52. The third-order valence-electron chi connectivity index (χ3n) is 10.5. The van der Waals surface area contributed by atoms with Crippen molar-refractivity contribution < 1.29 is 4.42 Å². The fourth-order valence-corrected chi connectivity index (χ4v) is 7.52. The van der Waals surface area contributed by atoms with E-state index in [1.807, 2.05) is 18.2 Å². The van der Waals surface area contributed by atoms with Crippen LogP contribution in [0.3, 0.4) is 0 Å². The van der Waals surface area contributed by atoms with Crippen molar-refractivity contribution in [3.8, 4) is 11.1 Å². The van der Waals surface area contributed by atoms with Gasteiger partial charge in [0.05, 0.1) is 0 Å². The highest BCUT2D eigenvalue weighted by atomic mass is 16.3. The molecule has 0 fully saturated rings. The third-order valence-corrected chi connectivity index (χ3v) is 10.5. The molecular formula is C55H48O. The van der Waals surface area contributed by atoms with E-state index in [1.54, 1.807) is 6.08 Å². The Morgan fingerprint density at radius 2 is 1.43 bits per heavy atom. The van der Waals surface area contributed by atoms with Gasteiger partial charge in [-0.1, -0.05) is 160 Å². The summed E-state index contributed by atoms with van der Waals surface area (Å²) < 4.78 is 6.97. The van der Waals surface area contributed by atoms with Gasteiger partial charge in [0, 0.05) is 21.9 Å². The van der Waals surface area contributed by atoms with Gasteiger partial charge in [-0.05, 0) is 130 Å². The van der Waals surface area contributed by atoms with Gasteiger partial charge in [0.1, 0.15) is 11.2 Å². The van der Waals surface area contributed by atoms with Crippen LogP contribution in [0.2, 0.25) is 0 Å². The van der Waals surface area contributed by atoms with Gasteiger partial charge in [-0.25, -0.2) is 0 Å². The lowest BCUT2D eigenvalue weighted by molar-refractivity contribution is 0.667. The van der Waals surface area contributed by atoms with Crippen LogP contribution in [0.15, 0.2) is 210 Å². The smallest absolute Gasteiger partial charge is 0.143 e. The van der Waals surface area contributed by atoms with Crippen LogP contribution in [-0.2, 0) is 0 Å². The minimum Gasteiger partial charge on any atom is -0.455 e. The van der Waals surface area contributed by atoms with Crippen molar-refractivity contribution in [1.82, 2.24) is 0 Å². The van der Waals surface area contributed by atoms with E-state index in [-0.39, 0.29) is 0 Å². The van der Waals surface area contributed by atoms with Crippen molar-refractivity contribution in [2.45, 2.75) is 40.5 Å². The molecule has 0 spiro atoms. The maximum Gasteiger partial charge on any atom is 0.143 e. The molecule has 0 unspecified atom stereocenters. The zero-order chi connectivity index (χ0) is 39.0. The van der Waals surface area contributed by atoms with Gasteiger partial charge in [-0.15, -0.1) is 5.73 Å². The van der Waals surface area contributed by atoms with Crippen molar-refractivity contribution in [2.75, 3.05) is 0 Å². The molecule has 1 aliphatic rings. The molecule has 0 bridgehead atoms. The van der Waals surface area contributed by atoms with E-state index < -0.39 is 0 Å². The summed E-state index contributed by atoms with van der Waals surface area (Å²) in [4.78, 5) is 0. The molecule has 1 aromatic heterocycles. The summed E-state index contributed by atoms with van der Waals surface area (Å²) in [5, 5.41) is 2.16. The van der Waals surface area contributed by atoms with Crippen LogP contribution in [0.1, 0.15) is 61.4 Å². The summed E-state index contributed by atoms with van der Waals surface area (Å²) in [6.07, 6.45) is 20.8. The number of hydrogen-bond acceptors (Lipinski definition) is 1. The number of benzene rings is 5. The molecule has 6 aromatic rings. The standard InChI is InChI=1S/C55H48O/c1-7-10-14-22-38(4)45-29-30-47(35-48(34-45)44-27-19-13-20-28-44)49-37-52-51-36-46(43-25-17-12-18-26-43)31-32-53(51)56-55(52)54(40(49)6)50(41(9-3)21-8-2)33-39(5)42-23-15-11-16-24-42/h7,9-20,22-29,31-37H,1,3,8,21H2,2,4-6H3/b14-10-,38-22+,39-33+,50-41-. The maximum absolute atomic E-state index is 6.97. The SMILES string of the molecule is C=C/C=C\C=C(/C)C1=CC(c2ccccc2)=CC(c2cc3c(oc4ccc(-c5ccccc5)cc43)c(C(/C=C(\C)c3ccccc3)=C(/C=C)CCC)c2C)=C=C1. The van der Waals surface area contributed by atoms with E-state index in [1.165, 1.54) is 22.3 Å². The first-order valence-corrected chi connectivity index (χ1v) is 19.5. The summed E-state index contributed by atoms with van der Waals surface area (Å²) in [5.74, 6) is 0. The summed E-state index contributed by atoms with van der Waals surface area (Å²) in [7, 11) is 0. The lowest BCUT2D eigenvalue weighted by atomic mass is 9.85. The molecule has 0 aliphatic heterocycles. The molecule has 56 heavy (non-hydrogen) atoms. The normalized spacial score (nSPS) is 14.0. The highest BCUT2D eigenvalue weighted by Crippen LogP contribution is 2.44. The summed E-state index contributed by atoms with van der Waals surface area (Å²) >= 11 is 0. The molecule has 0 saturated carbocycles. The minimum absolute atomic E-state index is 0.861. The molecule has 0 N–H and O–H groups in total. The molecule has 0 atom stereocenters. The second-order valence-electron chi connectivity index (χ2n) is 14.3. The van der Waals surface area contributed by atoms with Gasteiger partial charge in [-0.2, -0.15) is 0 Å². The molecule has 7 rings (SSSR count). The number of fused-ring (bicyclic) bond motifs is 3. The Hall–Kier alpha value is -6.66. The summed E-state index contributed by atoms with van der Waals surface area (Å²) in [6.45, 7) is 17.0. The highest BCUT2D eigenvalue weighted by molar-refractivity contribution is 6.13. The monoisotopic (exact) mass is 724 g/mol. The van der Waals surface area contributed by atoms with Gasteiger partial charge in [0.15, 0.2) is 0 Å². The van der Waals surface area contributed by atoms with Crippen LogP contribution in [0.5, 0.6) is 0 Å². The molecule has 1 heteroatoms. The van der Waals surface area contributed by atoms with E-state index in [0.29, 0.717) is 0 Å². The molecule has 1 aliphatic carbocycles. The van der Waals surface area contributed by atoms with E-state index in [0.717, 1.165) is 90.5 Å². The van der Waals surface area contributed by atoms with Crippen molar-refractivity contribution in [1.29, 1.82) is 0 Å². The Kier molecular flexibility index (Phi) is 11.6. The zero-order valence-electron chi connectivity index (χ0n) is 32.9. The minimum atomic E-state index is 0.861. The second-order valence-corrected chi connectivity index (χ2v) is 14.3. The van der Waals surface area contributed by atoms with Crippen molar-refractivity contribution in [3.05, 3.63) is 233 Å². The average Bonchev–Trinajstić information content (AvgIpc) is 3.44. The Labute approximate surface area is 332 Å². The molecule has 1 nitrogen and oxygen atoms in total. The quantitative estimate of drug-likeness (QED) is 0.0905. The van der Waals surface area contributed by atoms with Gasteiger partial charge < -0.3 is 4.42 Å². The van der Waals surface area contributed by atoms with Crippen molar-refractivity contribution in [2.24, 2.45) is 0 Å². The van der Waals surface area contributed by atoms with E-state index >= 15 is 0 Å². The number of allylic oxidation sites excluding steroid dienone is 15. The Morgan fingerprint density at radius 1 is 0.732 bits per heavy atom. The first-order chi connectivity index (χ1) is 27.4. The van der Waals surface area contributed by atoms with Gasteiger partial charge >= 0.3 is 0 Å². The molecule has 0 amide bonds. The van der Waals surface area contributed by atoms with Crippen LogP contribution in [0.25, 0.3) is 55.4 Å². The molecule has 274 valence electrons. The maximum atomic E-state index is 6.97. The highest BCUT2D eigenvalue weighted by Gasteiger charge is 2.23. The second kappa shape index (κ2) is 17.2. The van der Waals surface area contributed by atoms with E-state index in [4.69, 9.17) is 4.42 Å². The Balaban J connectivity index is 1.57. The fraction of sp³-hybridized carbons (Fsp3) is 0.109. The van der Waals surface area contributed by atoms with Crippen LogP contribution in [0, 0.1) is 6.92 Å². The van der Waals surface area contributed by atoms with Gasteiger partial charge in [0.2, 0.25) is 0 Å². The predicted molar refractivity (Wildman–Crippen MR) is 243 cm³/mol. The first-order valence-electron chi connectivity index (χ1n) is 19.5. The summed E-state index contributed by atoms with van der Waals surface area (Å²) in [6, 6.07) is 40.7. The lowest BCUT2D eigenvalue weighted by Crippen LogP contribution is -1.98. The van der Waals surface area contributed by atoms with Crippen LogP contribution in [0.4, 0.5) is 0 Å². The molecule has 0 radical (unpaired) electrons. The Bertz CT molecular complexity index is 2690.